The third-order valence-electron chi connectivity index (χ3n) is 6.59. The van der Waals surface area contributed by atoms with Crippen LogP contribution in [0.25, 0.3) is 12.2 Å². The van der Waals surface area contributed by atoms with Crippen LogP contribution in [-0.2, 0) is 4.79 Å². The van der Waals surface area contributed by atoms with Gasteiger partial charge in [-0.2, -0.15) is 0 Å². The Morgan fingerprint density at radius 1 is 1.23 bits per heavy atom. The summed E-state index contributed by atoms with van der Waals surface area (Å²) in [5.74, 6) is 0.920. The Balaban J connectivity index is 1.33. The smallest absolute Gasteiger partial charge is 0.225 e. The van der Waals surface area contributed by atoms with Crippen LogP contribution in [0, 0.1) is 11.3 Å². The summed E-state index contributed by atoms with van der Waals surface area (Å²) in [5.41, 5.74) is 3.56. The van der Waals surface area contributed by atoms with Crippen molar-refractivity contribution >= 4 is 18.1 Å². The first-order valence-electron chi connectivity index (χ1n) is 9.75. The largest absolute Gasteiger partial charge is 0.390 e. The van der Waals surface area contributed by atoms with Crippen LogP contribution >= 0.6 is 0 Å². The Hall–Kier alpha value is -1.87. The van der Waals surface area contributed by atoms with Gasteiger partial charge in [0.1, 0.15) is 0 Å². The highest BCUT2D eigenvalue weighted by Gasteiger charge is 2.55. The van der Waals surface area contributed by atoms with Crippen molar-refractivity contribution in [3.63, 3.8) is 0 Å². The molecule has 1 aliphatic heterocycles. The highest BCUT2D eigenvalue weighted by Crippen LogP contribution is 2.57. The summed E-state index contributed by atoms with van der Waals surface area (Å²) in [6.07, 6.45) is 9.74. The van der Waals surface area contributed by atoms with Crippen molar-refractivity contribution in [1.82, 2.24) is 4.90 Å². The SMILES string of the molecule is C=Cc1ccc(C2CC3(C2)CN(C(=O)C2CC(C)(O)C2)C3)cc1/C=C\C. The molecule has 0 atom stereocenters. The lowest BCUT2D eigenvalue weighted by atomic mass is 9.55. The second-order valence-electron chi connectivity index (χ2n) is 8.99. The normalized spacial score (nSPS) is 30.0. The van der Waals surface area contributed by atoms with E-state index in [1.807, 2.05) is 24.8 Å². The van der Waals surface area contributed by atoms with Crippen molar-refractivity contribution in [2.45, 2.75) is 51.0 Å². The van der Waals surface area contributed by atoms with Crippen molar-refractivity contribution in [1.29, 1.82) is 0 Å². The third-order valence-corrected chi connectivity index (χ3v) is 6.59. The fraction of sp³-hybridized carbons (Fsp3) is 0.522. The zero-order chi connectivity index (χ0) is 18.5. The molecule has 1 saturated heterocycles. The molecule has 0 unspecified atom stereocenters. The van der Waals surface area contributed by atoms with E-state index in [0.29, 0.717) is 24.2 Å². The molecule has 1 amide bonds. The molecule has 1 spiro atoms. The van der Waals surface area contributed by atoms with Crippen LogP contribution < -0.4 is 0 Å². The molecule has 0 radical (unpaired) electrons. The summed E-state index contributed by atoms with van der Waals surface area (Å²) in [7, 11) is 0. The average molecular weight is 351 g/mol. The quantitative estimate of drug-likeness (QED) is 0.882. The molecule has 4 rings (SSSR count). The third kappa shape index (κ3) is 2.92. The van der Waals surface area contributed by atoms with Crippen molar-refractivity contribution in [3.05, 3.63) is 47.5 Å². The maximum atomic E-state index is 12.5. The molecule has 1 aromatic rings. The maximum Gasteiger partial charge on any atom is 0.225 e. The van der Waals surface area contributed by atoms with E-state index in [1.165, 1.54) is 29.5 Å². The molecule has 0 bridgehead atoms. The number of rotatable bonds is 4. The summed E-state index contributed by atoms with van der Waals surface area (Å²) < 4.78 is 0. The Kier molecular flexibility index (Phi) is 4.11. The van der Waals surface area contributed by atoms with E-state index < -0.39 is 5.60 Å². The Labute approximate surface area is 156 Å². The van der Waals surface area contributed by atoms with Gasteiger partial charge in [0.05, 0.1) is 5.60 Å². The van der Waals surface area contributed by atoms with Crippen LogP contribution in [0.1, 0.15) is 62.1 Å². The first-order chi connectivity index (χ1) is 12.3. The number of likely N-dealkylation sites (tertiary alicyclic amines) is 1. The standard InChI is InChI=1S/C23H29NO2/c1-4-6-17-9-18(8-7-16(17)5-2)19-12-23(13-19)14-24(15-23)21(25)20-10-22(3,26)11-20/h4-9,19-20,26H,2,10-15H2,1,3H3/b6-4-. The number of benzene rings is 1. The maximum absolute atomic E-state index is 12.5. The minimum atomic E-state index is -0.618. The van der Waals surface area contributed by atoms with Gasteiger partial charge in [-0.1, -0.05) is 43.0 Å². The predicted molar refractivity (Wildman–Crippen MR) is 106 cm³/mol. The number of carbonyl (C=O) groups excluding carboxylic acids is 1. The van der Waals surface area contributed by atoms with Crippen molar-refractivity contribution in [2.75, 3.05) is 13.1 Å². The first-order valence-corrected chi connectivity index (χ1v) is 9.75. The number of aliphatic hydroxyl groups is 1. The highest BCUT2D eigenvalue weighted by atomic mass is 16.3. The second-order valence-corrected chi connectivity index (χ2v) is 8.99. The van der Waals surface area contributed by atoms with Gasteiger partial charge >= 0.3 is 0 Å². The van der Waals surface area contributed by atoms with Crippen molar-refractivity contribution in [3.8, 4) is 0 Å². The molecule has 2 aliphatic carbocycles. The number of allylic oxidation sites excluding steroid dienone is 1. The molecule has 1 aromatic carbocycles. The van der Waals surface area contributed by atoms with Gasteiger partial charge in [0, 0.05) is 24.4 Å². The lowest BCUT2D eigenvalue weighted by molar-refractivity contribution is -0.168. The van der Waals surface area contributed by atoms with Crippen LogP contribution in [0.15, 0.2) is 30.9 Å². The van der Waals surface area contributed by atoms with Crippen molar-refractivity contribution < 1.29 is 9.90 Å². The van der Waals surface area contributed by atoms with E-state index in [2.05, 4.69) is 36.9 Å². The minimum absolute atomic E-state index is 0.0491. The van der Waals surface area contributed by atoms with E-state index in [9.17, 15) is 9.90 Å². The van der Waals surface area contributed by atoms with Crippen LogP contribution in [0.3, 0.4) is 0 Å². The molecule has 3 fully saturated rings. The second kappa shape index (κ2) is 6.09. The lowest BCUT2D eigenvalue weighted by Crippen LogP contribution is -2.65. The number of hydrogen-bond donors (Lipinski definition) is 1. The van der Waals surface area contributed by atoms with Gasteiger partial charge in [-0.25, -0.2) is 0 Å². The van der Waals surface area contributed by atoms with Crippen LogP contribution in [0.4, 0.5) is 0 Å². The number of amides is 1. The van der Waals surface area contributed by atoms with Gasteiger partial charge in [0.15, 0.2) is 0 Å². The minimum Gasteiger partial charge on any atom is -0.390 e. The fourth-order valence-corrected chi connectivity index (χ4v) is 5.19. The monoisotopic (exact) mass is 351 g/mol. The van der Waals surface area contributed by atoms with E-state index in [0.717, 1.165) is 13.1 Å². The number of carbonyl (C=O) groups is 1. The zero-order valence-electron chi connectivity index (χ0n) is 15.9. The number of nitrogens with zero attached hydrogens (tertiary/aromatic N) is 1. The van der Waals surface area contributed by atoms with Crippen LogP contribution in [0.2, 0.25) is 0 Å². The summed E-state index contributed by atoms with van der Waals surface area (Å²) in [6, 6.07) is 6.70. The first kappa shape index (κ1) is 17.5. The zero-order valence-corrected chi connectivity index (χ0v) is 15.9. The Morgan fingerprint density at radius 3 is 2.50 bits per heavy atom. The molecule has 26 heavy (non-hydrogen) atoms. The lowest BCUT2D eigenvalue weighted by Gasteiger charge is -2.60. The molecule has 3 aliphatic rings. The molecular formula is C23H29NO2. The molecule has 0 aromatic heterocycles. The Bertz CT molecular complexity index is 754. The van der Waals surface area contributed by atoms with Gasteiger partial charge in [-0.3, -0.25) is 4.79 Å². The average Bonchev–Trinajstić information content (AvgIpc) is 2.50. The highest BCUT2D eigenvalue weighted by molar-refractivity contribution is 5.81. The topological polar surface area (TPSA) is 40.5 Å². The summed E-state index contributed by atoms with van der Waals surface area (Å²) in [5, 5.41) is 9.84. The van der Waals surface area contributed by atoms with Gasteiger partial charge in [-0.05, 0) is 62.1 Å². The summed E-state index contributed by atoms with van der Waals surface area (Å²) >= 11 is 0. The fourth-order valence-electron chi connectivity index (χ4n) is 5.19. The van der Waals surface area contributed by atoms with Crippen molar-refractivity contribution in [2.24, 2.45) is 11.3 Å². The summed E-state index contributed by atoms with van der Waals surface area (Å²) in [4.78, 5) is 14.5. The molecule has 138 valence electrons. The van der Waals surface area contributed by atoms with E-state index >= 15 is 0 Å². The number of hydrogen-bond acceptors (Lipinski definition) is 2. The van der Waals surface area contributed by atoms with E-state index in [1.54, 1.807) is 0 Å². The molecule has 3 nitrogen and oxygen atoms in total. The summed E-state index contributed by atoms with van der Waals surface area (Å²) in [6.45, 7) is 9.59. The van der Waals surface area contributed by atoms with Gasteiger partial charge < -0.3 is 10.0 Å². The molecule has 3 heteroatoms. The van der Waals surface area contributed by atoms with Gasteiger partial charge in [-0.15, -0.1) is 0 Å². The van der Waals surface area contributed by atoms with Gasteiger partial charge in [0.25, 0.3) is 0 Å². The van der Waals surface area contributed by atoms with Crippen LogP contribution in [-0.4, -0.2) is 34.6 Å². The van der Waals surface area contributed by atoms with Crippen LogP contribution in [0.5, 0.6) is 0 Å². The molecular weight excluding hydrogens is 322 g/mol. The van der Waals surface area contributed by atoms with E-state index in [-0.39, 0.29) is 11.8 Å². The molecule has 1 heterocycles. The van der Waals surface area contributed by atoms with E-state index in [4.69, 9.17) is 0 Å². The van der Waals surface area contributed by atoms with Gasteiger partial charge in [0.2, 0.25) is 5.91 Å². The molecule has 1 N–H and O–H groups in total. The Morgan fingerprint density at radius 2 is 1.92 bits per heavy atom. The predicted octanol–water partition coefficient (Wildman–Crippen LogP) is 4.23. The molecule has 2 saturated carbocycles.